The summed E-state index contributed by atoms with van der Waals surface area (Å²) in [5.41, 5.74) is 0. The number of rotatable bonds is 2. The summed E-state index contributed by atoms with van der Waals surface area (Å²) in [7, 11) is 0. The van der Waals surface area contributed by atoms with E-state index in [-0.39, 0.29) is 10.8 Å². The van der Waals surface area contributed by atoms with E-state index in [9.17, 15) is 0 Å². The van der Waals surface area contributed by atoms with Crippen molar-refractivity contribution in [2.24, 2.45) is 0 Å². The molecule has 0 aliphatic carbocycles. The normalized spacial score (nSPS) is 22.1. The molecular weight excluding hydrogens is 147 g/mol. The van der Waals surface area contributed by atoms with Crippen LogP contribution in [0.2, 0.25) is 0 Å². The molecule has 0 aliphatic rings. The summed E-state index contributed by atoms with van der Waals surface area (Å²) in [4.78, 5) is 0. The van der Waals surface area contributed by atoms with Crippen molar-refractivity contribution in [3.05, 3.63) is 0 Å². The van der Waals surface area contributed by atoms with Gasteiger partial charge in [-0.1, -0.05) is 0 Å². The second-order valence-electron chi connectivity index (χ2n) is 1.86. The van der Waals surface area contributed by atoms with Gasteiger partial charge in [0.15, 0.2) is 0 Å². The molecule has 8 heavy (non-hydrogen) atoms. The molecule has 0 spiro atoms. The lowest BCUT2D eigenvalue weighted by Crippen LogP contribution is -2.24. The molecule has 0 saturated heterocycles. The zero-order chi connectivity index (χ0) is 6.73. The summed E-state index contributed by atoms with van der Waals surface area (Å²) >= 11 is 11.1. The summed E-state index contributed by atoms with van der Waals surface area (Å²) in [6.07, 6.45) is -0.524. The fourth-order valence-corrected chi connectivity index (χ4v) is 0.594. The van der Waals surface area contributed by atoms with Gasteiger partial charge in [-0.2, -0.15) is 0 Å². The molecule has 0 aliphatic heterocycles. The van der Waals surface area contributed by atoms with Crippen LogP contribution in [0.1, 0.15) is 13.8 Å². The fourth-order valence-electron chi connectivity index (χ4n) is 0.384. The van der Waals surface area contributed by atoms with E-state index in [1.165, 1.54) is 0 Å². The van der Waals surface area contributed by atoms with Crippen molar-refractivity contribution in [2.45, 2.75) is 30.7 Å². The lowest BCUT2D eigenvalue weighted by atomic mass is 10.2. The zero-order valence-corrected chi connectivity index (χ0v) is 6.45. The number of hydrogen-bond acceptors (Lipinski definition) is 1. The van der Waals surface area contributed by atoms with Gasteiger partial charge in [-0.05, 0) is 13.8 Å². The van der Waals surface area contributed by atoms with Crippen LogP contribution >= 0.6 is 23.2 Å². The van der Waals surface area contributed by atoms with E-state index in [4.69, 9.17) is 28.3 Å². The molecule has 0 unspecified atom stereocenters. The minimum Gasteiger partial charge on any atom is -0.392 e. The van der Waals surface area contributed by atoms with Crippen LogP contribution in [-0.4, -0.2) is 22.0 Å². The Kier molecular flexibility index (Phi) is 3.78. The van der Waals surface area contributed by atoms with Crippen LogP contribution in [0.25, 0.3) is 0 Å². The maximum Gasteiger partial charge on any atom is 0.0753 e. The predicted octanol–water partition coefficient (Wildman–Crippen LogP) is 1.60. The molecule has 0 radical (unpaired) electrons. The first-order valence-electron chi connectivity index (χ1n) is 2.52. The molecule has 0 amide bonds. The van der Waals surface area contributed by atoms with Gasteiger partial charge in [0, 0.05) is 5.38 Å². The number of hydrogen-bond donors (Lipinski definition) is 1. The number of aliphatic hydroxyl groups is 1. The van der Waals surface area contributed by atoms with Gasteiger partial charge in [0.2, 0.25) is 0 Å². The molecule has 3 atom stereocenters. The quantitative estimate of drug-likeness (QED) is 0.603. The van der Waals surface area contributed by atoms with Crippen LogP contribution in [-0.2, 0) is 0 Å². The smallest absolute Gasteiger partial charge is 0.0753 e. The van der Waals surface area contributed by atoms with Crippen LogP contribution in [0.5, 0.6) is 0 Å². The van der Waals surface area contributed by atoms with E-state index in [2.05, 4.69) is 0 Å². The Bertz CT molecular complexity index is 55.4. The summed E-state index contributed by atoms with van der Waals surface area (Å²) in [5.74, 6) is 0. The molecule has 0 aromatic rings. The van der Waals surface area contributed by atoms with Crippen molar-refractivity contribution in [2.75, 3.05) is 0 Å². The molecule has 3 heteroatoms. The number of alkyl halides is 2. The minimum atomic E-state index is -0.524. The van der Waals surface area contributed by atoms with Gasteiger partial charge in [-0.3, -0.25) is 0 Å². The highest BCUT2D eigenvalue weighted by atomic mass is 35.5. The average Bonchev–Trinajstić information content (AvgIpc) is 1.64. The van der Waals surface area contributed by atoms with E-state index in [0.717, 1.165) is 0 Å². The molecule has 0 bridgehead atoms. The molecule has 1 nitrogen and oxygen atoms in total. The summed E-state index contributed by atoms with van der Waals surface area (Å²) in [6.45, 7) is 3.38. The average molecular weight is 157 g/mol. The third kappa shape index (κ3) is 2.75. The van der Waals surface area contributed by atoms with Gasteiger partial charge >= 0.3 is 0 Å². The molecule has 50 valence electrons. The first-order chi connectivity index (χ1) is 3.55. The van der Waals surface area contributed by atoms with E-state index in [0.29, 0.717) is 0 Å². The van der Waals surface area contributed by atoms with Gasteiger partial charge in [0.1, 0.15) is 0 Å². The largest absolute Gasteiger partial charge is 0.392 e. The zero-order valence-electron chi connectivity index (χ0n) is 4.94. The Morgan fingerprint density at radius 1 is 1.25 bits per heavy atom. The Hall–Kier alpha value is 0.540. The highest BCUT2D eigenvalue weighted by molar-refractivity contribution is 6.30. The van der Waals surface area contributed by atoms with E-state index >= 15 is 0 Å². The number of aliphatic hydroxyl groups excluding tert-OH is 1. The van der Waals surface area contributed by atoms with Crippen LogP contribution in [0.3, 0.4) is 0 Å². The Labute approximate surface area is 59.6 Å². The molecule has 0 rings (SSSR count). The molecule has 0 saturated carbocycles. The Morgan fingerprint density at radius 2 is 1.62 bits per heavy atom. The van der Waals surface area contributed by atoms with E-state index in [1.807, 2.05) is 0 Å². The fraction of sp³-hybridized carbons (Fsp3) is 1.00. The monoisotopic (exact) mass is 156 g/mol. The van der Waals surface area contributed by atoms with E-state index in [1.54, 1.807) is 13.8 Å². The maximum atomic E-state index is 8.77. The first kappa shape index (κ1) is 8.54. The third-order valence-electron chi connectivity index (χ3n) is 0.900. The summed E-state index contributed by atoms with van der Waals surface area (Å²) in [6, 6.07) is 0. The minimum absolute atomic E-state index is 0.170. The van der Waals surface area contributed by atoms with Crippen molar-refractivity contribution >= 4 is 23.2 Å². The van der Waals surface area contributed by atoms with Crippen LogP contribution in [0, 0.1) is 0 Å². The van der Waals surface area contributed by atoms with Gasteiger partial charge < -0.3 is 5.11 Å². The summed E-state index contributed by atoms with van der Waals surface area (Å²) < 4.78 is 0. The van der Waals surface area contributed by atoms with Crippen LogP contribution < -0.4 is 0 Å². The number of halogens is 2. The second-order valence-corrected chi connectivity index (χ2v) is 3.05. The van der Waals surface area contributed by atoms with Crippen LogP contribution in [0.4, 0.5) is 0 Å². The van der Waals surface area contributed by atoms with Crippen molar-refractivity contribution < 1.29 is 5.11 Å². The third-order valence-corrected chi connectivity index (χ3v) is 2.04. The Morgan fingerprint density at radius 3 is 1.62 bits per heavy atom. The molecule has 0 aromatic heterocycles. The lowest BCUT2D eigenvalue weighted by Gasteiger charge is -2.13. The molecular formula is C5H10Cl2O. The summed E-state index contributed by atoms with van der Waals surface area (Å²) in [5, 5.41) is 8.27. The van der Waals surface area contributed by atoms with Gasteiger partial charge in [0.25, 0.3) is 0 Å². The molecule has 0 aromatic carbocycles. The standard InChI is InChI=1S/C5H10Cl2O/c1-3(6)5(7)4(2)8/h3-5,8H,1-2H3/t3-,4+,5-/m0/s1. The van der Waals surface area contributed by atoms with Crippen molar-refractivity contribution in [3.8, 4) is 0 Å². The van der Waals surface area contributed by atoms with E-state index < -0.39 is 6.10 Å². The first-order valence-corrected chi connectivity index (χ1v) is 3.39. The lowest BCUT2D eigenvalue weighted by molar-refractivity contribution is 0.188. The topological polar surface area (TPSA) is 20.2 Å². The Balaban J connectivity index is 3.46. The molecule has 1 N–H and O–H groups in total. The SMILES string of the molecule is C[C@H](Cl)[C@H](Cl)[C@@H](C)O. The van der Waals surface area contributed by atoms with Gasteiger partial charge in [-0.15, -0.1) is 23.2 Å². The van der Waals surface area contributed by atoms with Gasteiger partial charge in [0.05, 0.1) is 11.5 Å². The van der Waals surface area contributed by atoms with Crippen molar-refractivity contribution in [1.29, 1.82) is 0 Å². The molecule has 0 fully saturated rings. The predicted molar refractivity (Wildman–Crippen MR) is 36.6 cm³/mol. The van der Waals surface area contributed by atoms with Crippen molar-refractivity contribution in [3.63, 3.8) is 0 Å². The second kappa shape index (κ2) is 3.54. The van der Waals surface area contributed by atoms with Crippen LogP contribution in [0.15, 0.2) is 0 Å². The van der Waals surface area contributed by atoms with Gasteiger partial charge in [-0.25, -0.2) is 0 Å². The highest BCUT2D eigenvalue weighted by Crippen LogP contribution is 2.12. The maximum absolute atomic E-state index is 8.77. The highest BCUT2D eigenvalue weighted by Gasteiger charge is 2.16. The van der Waals surface area contributed by atoms with Crippen molar-refractivity contribution in [1.82, 2.24) is 0 Å². The molecule has 0 heterocycles.